The molecular weight excluding hydrogens is 491 g/mol. The third kappa shape index (κ3) is 4.01. The van der Waals surface area contributed by atoms with Crippen molar-refractivity contribution in [3.63, 3.8) is 0 Å². The first-order chi connectivity index (χ1) is 19.9. The van der Waals surface area contributed by atoms with Crippen molar-refractivity contribution in [1.29, 1.82) is 0 Å². The number of hydrogen-bond donors (Lipinski definition) is 0. The second kappa shape index (κ2) is 10.1. The first kappa shape index (κ1) is 24.9. The van der Waals surface area contributed by atoms with Gasteiger partial charge in [-0.3, -0.25) is 0 Å². The Balaban J connectivity index is 0.00000276. The summed E-state index contributed by atoms with van der Waals surface area (Å²) in [6.45, 7) is 0. The van der Waals surface area contributed by atoms with Crippen LogP contribution in [0.1, 0.15) is 0 Å². The number of benzene rings is 8. The van der Waals surface area contributed by atoms with E-state index >= 15 is 0 Å². The van der Waals surface area contributed by atoms with Gasteiger partial charge in [-0.2, -0.15) is 0 Å². The van der Waals surface area contributed by atoms with Crippen molar-refractivity contribution >= 4 is 51.5 Å². The van der Waals surface area contributed by atoms with E-state index in [1.807, 2.05) is 0 Å². The molecule has 0 N–H and O–H groups in total. The summed E-state index contributed by atoms with van der Waals surface area (Å²) in [7, 11) is 0. The van der Waals surface area contributed by atoms with Crippen LogP contribution in [0.4, 0.5) is 0 Å². The number of fused-ring (bicyclic) bond motifs is 4. The van der Waals surface area contributed by atoms with Crippen LogP contribution in [0.25, 0.3) is 76.5 Å². The van der Waals surface area contributed by atoms with Crippen LogP contribution in [0.2, 0.25) is 0 Å². The van der Waals surface area contributed by atoms with E-state index in [0.29, 0.717) is 0 Å². The van der Waals surface area contributed by atoms with E-state index in [0.717, 1.165) is 0 Å². The van der Waals surface area contributed by atoms with E-state index in [4.69, 9.17) is 0 Å². The van der Waals surface area contributed by atoms with Crippen molar-refractivity contribution in [1.82, 2.24) is 0 Å². The Labute approximate surface area is 242 Å². The van der Waals surface area contributed by atoms with Gasteiger partial charge < -0.3 is 0 Å². The van der Waals surface area contributed by atoms with Crippen molar-refractivity contribution in [2.45, 2.75) is 0 Å². The van der Waals surface area contributed by atoms with Gasteiger partial charge in [-0.1, -0.05) is 152 Å². The molecule has 3 radical (unpaired) electrons. The molecule has 0 aliphatic heterocycles. The Morgan fingerprint density at radius 3 is 1.24 bits per heavy atom. The Bertz CT molecular complexity index is 2160. The molecule has 189 valence electrons. The minimum Gasteiger partial charge on any atom is -0.0616 e. The van der Waals surface area contributed by atoms with E-state index in [1.165, 1.54) is 76.5 Å². The summed E-state index contributed by atoms with van der Waals surface area (Å²) in [5.41, 5.74) is 7.61. The molecule has 8 aromatic rings. The topological polar surface area (TPSA) is 0 Å². The molecule has 0 nitrogen and oxygen atoms in total. The molecule has 41 heavy (non-hydrogen) atoms. The number of rotatable bonds is 3. The van der Waals surface area contributed by atoms with E-state index in [9.17, 15) is 0 Å². The lowest BCUT2D eigenvalue weighted by Gasteiger charge is -2.19. The molecular formula is C40H26B. The molecule has 0 unspecified atom stereocenters. The summed E-state index contributed by atoms with van der Waals surface area (Å²) in [6.07, 6.45) is 0. The third-order valence-corrected chi connectivity index (χ3v) is 8.24. The zero-order valence-electron chi connectivity index (χ0n) is 22.6. The fourth-order valence-electron chi connectivity index (χ4n) is 6.49. The molecule has 0 aliphatic rings. The SMILES string of the molecule is [B].c1cc(-c2cccc3ccccc23)cc(-c2c3ccccc3c(-c3cccc4ccccc34)c3ccccc23)c1. The van der Waals surface area contributed by atoms with Gasteiger partial charge in [-0.05, 0) is 82.5 Å². The second-order valence-electron chi connectivity index (χ2n) is 10.5. The zero-order valence-corrected chi connectivity index (χ0v) is 22.6. The predicted molar refractivity (Wildman–Crippen MR) is 179 cm³/mol. The first-order valence-corrected chi connectivity index (χ1v) is 13.9. The average Bonchev–Trinajstić information content (AvgIpc) is 3.03. The maximum absolute atomic E-state index is 2.37. The molecule has 0 aliphatic carbocycles. The Kier molecular flexibility index (Phi) is 6.14. The molecule has 0 heterocycles. The molecule has 0 aromatic heterocycles. The van der Waals surface area contributed by atoms with Gasteiger partial charge in [0.1, 0.15) is 0 Å². The summed E-state index contributed by atoms with van der Waals surface area (Å²) in [5.74, 6) is 0. The van der Waals surface area contributed by atoms with Crippen molar-refractivity contribution in [2.75, 3.05) is 0 Å². The van der Waals surface area contributed by atoms with Gasteiger partial charge in [0.05, 0.1) is 0 Å². The van der Waals surface area contributed by atoms with E-state index in [1.54, 1.807) is 0 Å². The fraction of sp³-hybridized carbons (Fsp3) is 0. The van der Waals surface area contributed by atoms with Gasteiger partial charge in [-0.15, -0.1) is 0 Å². The second-order valence-corrected chi connectivity index (χ2v) is 10.5. The van der Waals surface area contributed by atoms with Gasteiger partial charge in [0.25, 0.3) is 0 Å². The van der Waals surface area contributed by atoms with Crippen LogP contribution >= 0.6 is 0 Å². The van der Waals surface area contributed by atoms with Crippen LogP contribution in [0, 0.1) is 0 Å². The van der Waals surface area contributed by atoms with Gasteiger partial charge in [0.15, 0.2) is 0 Å². The van der Waals surface area contributed by atoms with E-state index in [-0.39, 0.29) is 8.41 Å². The lowest BCUT2D eigenvalue weighted by atomic mass is 9.84. The van der Waals surface area contributed by atoms with Crippen molar-refractivity contribution in [3.8, 4) is 33.4 Å². The van der Waals surface area contributed by atoms with Gasteiger partial charge in [0, 0.05) is 8.41 Å². The van der Waals surface area contributed by atoms with Crippen molar-refractivity contribution in [3.05, 3.63) is 158 Å². The molecule has 0 bridgehead atoms. The van der Waals surface area contributed by atoms with Gasteiger partial charge >= 0.3 is 0 Å². The highest BCUT2D eigenvalue weighted by Gasteiger charge is 2.18. The maximum atomic E-state index is 2.37. The molecule has 0 atom stereocenters. The molecule has 0 saturated heterocycles. The minimum absolute atomic E-state index is 0. The van der Waals surface area contributed by atoms with Crippen LogP contribution in [0.3, 0.4) is 0 Å². The Morgan fingerprint density at radius 2 is 0.659 bits per heavy atom. The Hall–Kier alpha value is -5.14. The molecule has 0 spiro atoms. The third-order valence-electron chi connectivity index (χ3n) is 8.24. The smallest absolute Gasteiger partial charge is 0 e. The highest BCUT2D eigenvalue weighted by atomic mass is 14.2. The highest BCUT2D eigenvalue weighted by molar-refractivity contribution is 6.23. The van der Waals surface area contributed by atoms with Crippen LogP contribution in [-0.2, 0) is 0 Å². The standard InChI is InChI=1S/C40H26.B/c1-3-18-31-27(12-1)14-10-24-33(31)29-16-9-17-30(26-29)39-35-20-5-7-22-37(35)40(38-23-8-6-21-36(38)39)34-25-11-15-28-13-2-4-19-32(28)34;/h1-26H;. The average molecular weight is 517 g/mol. The summed E-state index contributed by atoms with van der Waals surface area (Å²) in [6, 6.07) is 57.5. The molecule has 0 amide bonds. The van der Waals surface area contributed by atoms with Crippen LogP contribution in [0.5, 0.6) is 0 Å². The van der Waals surface area contributed by atoms with E-state index < -0.39 is 0 Å². The van der Waals surface area contributed by atoms with Crippen LogP contribution in [-0.4, -0.2) is 8.41 Å². The maximum Gasteiger partial charge on any atom is 0 e. The minimum atomic E-state index is 0. The Morgan fingerprint density at radius 1 is 0.268 bits per heavy atom. The van der Waals surface area contributed by atoms with Crippen molar-refractivity contribution in [2.24, 2.45) is 0 Å². The molecule has 8 aromatic carbocycles. The molecule has 0 saturated carbocycles. The molecule has 1 heteroatoms. The normalized spacial score (nSPS) is 11.2. The lowest BCUT2D eigenvalue weighted by Crippen LogP contribution is -1.92. The largest absolute Gasteiger partial charge is 0.0616 e. The van der Waals surface area contributed by atoms with E-state index in [2.05, 4.69) is 158 Å². The summed E-state index contributed by atoms with van der Waals surface area (Å²) < 4.78 is 0. The van der Waals surface area contributed by atoms with Crippen LogP contribution < -0.4 is 0 Å². The molecule has 0 fully saturated rings. The van der Waals surface area contributed by atoms with Crippen molar-refractivity contribution < 1.29 is 0 Å². The quantitative estimate of drug-likeness (QED) is 0.162. The summed E-state index contributed by atoms with van der Waals surface area (Å²) >= 11 is 0. The zero-order chi connectivity index (χ0) is 26.5. The first-order valence-electron chi connectivity index (χ1n) is 13.9. The van der Waals surface area contributed by atoms with Crippen LogP contribution in [0.15, 0.2) is 158 Å². The molecule has 8 rings (SSSR count). The van der Waals surface area contributed by atoms with Gasteiger partial charge in [-0.25, -0.2) is 0 Å². The lowest BCUT2D eigenvalue weighted by molar-refractivity contribution is 1.63. The highest BCUT2D eigenvalue weighted by Crippen LogP contribution is 2.45. The summed E-state index contributed by atoms with van der Waals surface area (Å²) in [4.78, 5) is 0. The number of hydrogen-bond acceptors (Lipinski definition) is 0. The predicted octanol–water partition coefficient (Wildman–Crippen LogP) is 10.9. The fourth-order valence-corrected chi connectivity index (χ4v) is 6.49. The monoisotopic (exact) mass is 517 g/mol. The summed E-state index contributed by atoms with van der Waals surface area (Å²) in [5, 5.41) is 10.2. The van der Waals surface area contributed by atoms with Gasteiger partial charge in [0.2, 0.25) is 0 Å².